The smallest absolute Gasteiger partial charge is 0.230 e. The summed E-state index contributed by atoms with van der Waals surface area (Å²) in [5.41, 5.74) is 1.02. The first-order valence-corrected chi connectivity index (χ1v) is 10.8. The molecule has 30 heavy (non-hydrogen) atoms. The van der Waals surface area contributed by atoms with Crippen molar-refractivity contribution < 1.29 is 19.0 Å². The van der Waals surface area contributed by atoms with Gasteiger partial charge in [0.25, 0.3) is 0 Å². The average Bonchev–Trinajstić information content (AvgIpc) is 2.78. The van der Waals surface area contributed by atoms with Gasteiger partial charge in [0.15, 0.2) is 11.5 Å². The van der Waals surface area contributed by atoms with Crippen LogP contribution in [0, 0.1) is 0 Å². The molecule has 1 saturated heterocycles. The van der Waals surface area contributed by atoms with E-state index < -0.39 is 5.41 Å². The van der Waals surface area contributed by atoms with Gasteiger partial charge in [0.05, 0.1) is 5.41 Å². The van der Waals surface area contributed by atoms with E-state index in [0.29, 0.717) is 38.7 Å². The van der Waals surface area contributed by atoms with Crippen LogP contribution in [0.15, 0.2) is 42.5 Å². The van der Waals surface area contributed by atoms with Crippen LogP contribution in [0.5, 0.6) is 11.5 Å². The van der Waals surface area contributed by atoms with Crippen molar-refractivity contribution in [1.29, 1.82) is 0 Å². The standard InChI is InChI=1S/C24H28ClNO4/c1-23(2,17-7-8-20-21(15-17)30-14-13-29-20)22(27)26-16-24(9-11-28-12-10-24)18-5-3-4-6-19(18)25/h3-8,15H,9-14,16H2,1-2H3,(H,26,27). The van der Waals surface area contributed by atoms with Crippen molar-refractivity contribution in [3.63, 3.8) is 0 Å². The lowest BCUT2D eigenvalue weighted by Gasteiger charge is -2.39. The molecule has 2 aliphatic heterocycles. The molecule has 0 aromatic heterocycles. The van der Waals surface area contributed by atoms with Crippen LogP contribution in [0.1, 0.15) is 37.8 Å². The maximum absolute atomic E-state index is 13.3. The molecular weight excluding hydrogens is 402 g/mol. The van der Waals surface area contributed by atoms with Gasteiger partial charge >= 0.3 is 0 Å². The number of halogens is 1. The molecule has 1 amide bonds. The Hall–Kier alpha value is -2.24. The molecular formula is C24H28ClNO4. The van der Waals surface area contributed by atoms with E-state index in [1.165, 1.54) is 0 Å². The molecule has 0 saturated carbocycles. The molecule has 6 heteroatoms. The van der Waals surface area contributed by atoms with Gasteiger partial charge in [-0.3, -0.25) is 4.79 Å². The van der Waals surface area contributed by atoms with Gasteiger partial charge in [-0.05, 0) is 56.0 Å². The molecule has 2 aromatic carbocycles. The molecule has 2 aliphatic rings. The highest BCUT2D eigenvalue weighted by atomic mass is 35.5. The summed E-state index contributed by atoms with van der Waals surface area (Å²) in [6, 6.07) is 13.6. The van der Waals surface area contributed by atoms with E-state index in [-0.39, 0.29) is 11.3 Å². The Bertz CT molecular complexity index is 921. The van der Waals surface area contributed by atoms with Gasteiger partial charge in [0, 0.05) is 30.2 Å². The summed E-state index contributed by atoms with van der Waals surface area (Å²) in [5.74, 6) is 1.38. The van der Waals surface area contributed by atoms with Crippen molar-refractivity contribution in [1.82, 2.24) is 5.32 Å². The SMILES string of the molecule is CC(C)(C(=O)NCC1(c2ccccc2Cl)CCOCC1)c1ccc2c(c1)OCCO2. The number of fused-ring (bicyclic) bond motifs is 1. The van der Waals surface area contributed by atoms with Gasteiger partial charge in [-0.15, -0.1) is 0 Å². The largest absolute Gasteiger partial charge is 0.486 e. The third kappa shape index (κ3) is 4.01. The second-order valence-corrected chi connectivity index (χ2v) is 8.95. The van der Waals surface area contributed by atoms with Gasteiger partial charge < -0.3 is 19.5 Å². The molecule has 1 fully saturated rings. The monoisotopic (exact) mass is 429 g/mol. The number of hydrogen-bond acceptors (Lipinski definition) is 4. The Morgan fingerprint density at radius 2 is 1.73 bits per heavy atom. The fraction of sp³-hybridized carbons (Fsp3) is 0.458. The number of carbonyl (C=O) groups is 1. The maximum atomic E-state index is 13.3. The van der Waals surface area contributed by atoms with E-state index in [4.69, 9.17) is 25.8 Å². The zero-order valence-corrected chi connectivity index (χ0v) is 18.3. The topological polar surface area (TPSA) is 56.8 Å². The van der Waals surface area contributed by atoms with E-state index in [9.17, 15) is 4.79 Å². The molecule has 1 N–H and O–H groups in total. The number of carbonyl (C=O) groups excluding carboxylic acids is 1. The molecule has 0 bridgehead atoms. The highest BCUT2D eigenvalue weighted by Gasteiger charge is 2.38. The molecule has 0 aliphatic carbocycles. The van der Waals surface area contributed by atoms with E-state index in [1.807, 2.05) is 50.2 Å². The van der Waals surface area contributed by atoms with Crippen LogP contribution in [0.3, 0.4) is 0 Å². The van der Waals surface area contributed by atoms with Crippen LogP contribution in [0.4, 0.5) is 0 Å². The molecule has 5 nitrogen and oxygen atoms in total. The third-order valence-corrected chi connectivity index (χ3v) is 6.64. The summed E-state index contributed by atoms with van der Waals surface area (Å²) in [4.78, 5) is 13.3. The van der Waals surface area contributed by atoms with Crippen LogP contribution >= 0.6 is 11.6 Å². The molecule has 4 rings (SSSR count). The van der Waals surface area contributed by atoms with Crippen LogP contribution in [0.2, 0.25) is 5.02 Å². The Labute approximate surface area is 182 Å². The summed E-state index contributed by atoms with van der Waals surface area (Å²) in [5, 5.41) is 3.95. The quantitative estimate of drug-likeness (QED) is 0.771. The molecule has 2 aromatic rings. The van der Waals surface area contributed by atoms with Gasteiger partial charge in [0.2, 0.25) is 5.91 Å². The molecule has 0 radical (unpaired) electrons. The number of rotatable bonds is 5. The van der Waals surface area contributed by atoms with E-state index >= 15 is 0 Å². The van der Waals surface area contributed by atoms with E-state index in [1.54, 1.807) is 0 Å². The Morgan fingerprint density at radius 3 is 2.47 bits per heavy atom. The van der Waals surface area contributed by atoms with Crippen LogP contribution in [-0.2, 0) is 20.4 Å². The van der Waals surface area contributed by atoms with Crippen molar-refractivity contribution in [3.05, 3.63) is 58.6 Å². The Morgan fingerprint density at radius 1 is 1.03 bits per heavy atom. The zero-order valence-electron chi connectivity index (χ0n) is 17.5. The second-order valence-electron chi connectivity index (χ2n) is 8.54. The van der Waals surface area contributed by atoms with Crippen molar-refractivity contribution in [2.24, 2.45) is 0 Å². The minimum atomic E-state index is -0.720. The summed E-state index contributed by atoms with van der Waals surface area (Å²) in [6.45, 7) is 6.77. The van der Waals surface area contributed by atoms with Crippen molar-refractivity contribution in [2.45, 2.75) is 37.5 Å². The van der Waals surface area contributed by atoms with Gasteiger partial charge in [0.1, 0.15) is 13.2 Å². The Balaban J connectivity index is 1.54. The number of amides is 1. The fourth-order valence-electron chi connectivity index (χ4n) is 4.23. The van der Waals surface area contributed by atoms with Crippen molar-refractivity contribution in [2.75, 3.05) is 33.0 Å². The maximum Gasteiger partial charge on any atom is 0.230 e. The van der Waals surface area contributed by atoms with E-state index in [0.717, 1.165) is 34.7 Å². The summed E-state index contributed by atoms with van der Waals surface area (Å²) >= 11 is 6.54. The highest BCUT2D eigenvalue weighted by Crippen LogP contribution is 2.39. The summed E-state index contributed by atoms with van der Waals surface area (Å²) < 4.78 is 16.9. The molecule has 0 unspecified atom stereocenters. The van der Waals surface area contributed by atoms with Gasteiger partial charge in [-0.2, -0.15) is 0 Å². The predicted molar refractivity (Wildman–Crippen MR) is 117 cm³/mol. The second kappa shape index (κ2) is 8.48. The lowest BCUT2D eigenvalue weighted by atomic mass is 9.73. The lowest BCUT2D eigenvalue weighted by molar-refractivity contribution is -0.126. The summed E-state index contributed by atoms with van der Waals surface area (Å²) in [7, 11) is 0. The lowest BCUT2D eigenvalue weighted by Crippen LogP contribution is -2.49. The first-order chi connectivity index (χ1) is 14.4. The number of hydrogen-bond donors (Lipinski definition) is 1. The Kier molecular flexibility index (Phi) is 5.94. The molecule has 0 atom stereocenters. The minimum absolute atomic E-state index is 0.0305. The van der Waals surface area contributed by atoms with Crippen LogP contribution < -0.4 is 14.8 Å². The van der Waals surface area contributed by atoms with Gasteiger partial charge in [-0.25, -0.2) is 0 Å². The van der Waals surface area contributed by atoms with Crippen molar-refractivity contribution in [3.8, 4) is 11.5 Å². The van der Waals surface area contributed by atoms with Crippen LogP contribution in [0.25, 0.3) is 0 Å². The fourth-order valence-corrected chi connectivity index (χ4v) is 4.56. The minimum Gasteiger partial charge on any atom is -0.486 e. The average molecular weight is 430 g/mol. The van der Waals surface area contributed by atoms with E-state index in [2.05, 4.69) is 11.4 Å². The summed E-state index contributed by atoms with van der Waals surface area (Å²) in [6.07, 6.45) is 1.64. The molecule has 0 spiro atoms. The zero-order chi connectivity index (χ0) is 21.2. The highest BCUT2D eigenvalue weighted by molar-refractivity contribution is 6.31. The number of benzene rings is 2. The van der Waals surface area contributed by atoms with Crippen molar-refractivity contribution >= 4 is 17.5 Å². The first-order valence-electron chi connectivity index (χ1n) is 10.4. The van der Waals surface area contributed by atoms with Crippen LogP contribution in [-0.4, -0.2) is 38.9 Å². The molecule has 160 valence electrons. The third-order valence-electron chi connectivity index (χ3n) is 6.31. The normalized spacial score (nSPS) is 18.0. The van der Waals surface area contributed by atoms with Gasteiger partial charge in [-0.1, -0.05) is 35.9 Å². The number of ether oxygens (including phenoxy) is 3. The molecule has 2 heterocycles. The predicted octanol–water partition coefficient (Wildman–Crippen LogP) is 4.25. The number of nitrogens with one attached hydrogen (secondary N) is 1. The first kappa shape index (κ1) is 21.0.